The molecule has 1 saturated carbocycles. The van der Waals surface area contributed by atoms with Gasteiger partial charge in [0.1, 0.15) is 5.75 Å². The molecule has 1 amide bonds. The van der Waals surface area contributed by atoms with Crippen molar-refractivity contribution in [3.63, 3.8) is 0 Å². The second kappa shape index (κ2) is 9.70. The van der Waals surface area contributed by atoms with E-state index in [2.05, 4.69) is 10.1 Å². The topological polar surface area (TPSA) is 64.4 Å². The van der Waals surface area contributed by atoms with E-state index >= 15 is 0 Å². The quantitative estimate of drug-likeness (QED) is 0.437. The molecule has 2 aromatic rings. The maximum absolute atomic E-state index is 13.3. The van der Waals surface area contributed by atoms with E-state index in [4.69, 9.17) is 17.3 Å². The zero-order valence-electron chi connectivity index (χ0n) is 17.2. The van der Waals surface area contributed by atoms with Gasteiger partial charge in [0.15, 0.2) is 0 Å². The third kappa shape index (κ3) is 6.69. The highest BCUT2D eigenvalue weighted by Crippen LogP contribution is 2.42. The summed E-state index contributed by atoms with van der Waals surface area (Å²) in [6.07, 6.45) is -6.84. The van der Waals surface area contributed by atoms with Gasteiger partial charge in [0.25, 0.3) is 0 Å². The number of ether oxygens (including phenoxy) is 1. The molecule has 0 radical (unpaired) electrons. The lowest BCUT2D eigenvalue weighted by Crippen LogP contribution is -2.22. The lowest BCUT2D eigenvalue weighted by molar-refractivity contribution is -0.274. The Hall–Kier alpha value is -2.62. The smallest absolute Gasteiger partial charge is 0.406 e. The van der Waals surface area contributed by atoms with Crippen molar-refractivity contribution >= 4 is 23.2 Å². The van der Waals surface area contributed by atoms with Crippen molar-refractivity contribution in [2.45, 2.75) is 44.1 Å². The Labute approximate surface area is 191 Å². The first-order chi connectivity index (χ1) is 15.3. The number of hydrogen-bond donors (Lipinski definition) is 2. The largest absolute Gasteiger partial charge is 0.573 e. The first-order valence-electron chi connectivity index (χ1n) is 10.1. The summed E-state index contributed by atoms with van der Waals surface area (Å²) >= 11 is 6.23. The van der Waals surface area contributed by atoms with Crippen LogP contribution in [0, 0.1) is 5.92 Å². The summed E-state index contributed by atoms with van der Waals surface area (Å²) in [5, 5.41) is 3.11. The van der Waals surface area contributed by atoms with Crippen molar-refractivity contribution in [3.05, 3.63) is 58.1 Å². The maximum Gasteiger partial charge on any atom is 0.573 e. The first kappa shape index (κ1) is 25.0. The monoisotopic (exact) mass is 494 g/mol. The molecule has 0 aromatic heterocycles. The maximum atomic E-state index is 13.3. The molecular weight excluding hydrogens is 474 g/mol. The summed E-state index contributed by atoms with van der Waals surface area (Å²) in [6.45, 7) is 0.551. The van der Waals surface area contributed by atoms with E-state index in [-0.39, 0.29) is 33.7 Å². The number of amides is 1. The highest BCUT2D eigenvalue weighted by atomic mass is 35.5. The van der Waals surface area contributed by atoms with Crippen LogP contribution in [0.3, 0.4) is 0 Å². The summed E-state index contributed by atoms with van der Waals surface area (Å²) in [7, 11) is 0. The Morgan fingerprint density at radius 1 is 1.03 bits per heavy atom. The van der Waals surface area contributed by atoms with Crippen LogP contribution in [-0.4, -0.2) is 18.8 Å². The number of nitrogens with two attached hydrogens (primary N) is 1. The summed E-state index contributed by atoms with van der Waals surface area (Å²) in [4.78, 5) is 11.6. The van der Waals surface area contributed by atoms with Gasteiger partial charge in [-0.25, -0.2) is 0 Å². The minimum atomic E-state index is -4.76. The predicted octanol–water partition coefficient (Wildman–Crippen LogP) is 6.74. The van der Waals surface area contributed by atoms with Crippen LogP contribution in [0.15, 0.2) is 36.4 Å². The summed E-state index contributed by atoms with van der Waals surface area (Å²) in [6, 6.07) is 7.02. The Balaban J connectivity index is 1.61. The van der Waals surface area contributed by atoms with Crippen LogP contribution in [0.4, 0.5) is 32.0 Å². The molecule has 3 N–H and O–H groups in total. The van der Waals surface area contributed by atoms with Crippen LogP contribution in [0.2, 0.25) is 5.02 Å². The summed E-state index contributed by atoms with van der Waals surface area (Å²) < 4.78 is 80.3. The molecule has 0 unspecified atom stereocenters. The van der Waals surface area contributed by atoms with Gasteiger partial charge < -0.3 is 15.8 Å². The minimum Gasteiger partial charge on any atom is -0.406 e. The van der Waals surface area contributed by atoms with Gasteiger partial charge in [0.05, 0.1) is 16.1 Å². The van der Waals surface area contributed by atoms with Crippen LogP contribution < -0.4 is 15.8 Å². The van der Waals surface area contributed by atoms with E-state index in [1.54, 1.807) is 0 Å². The van der Waals surface area contributed by atoms with Crippen LogP contribution in [0.5, 0.6) is 5.75 Å². The molecule has 0 bridgehead atoms. The van der Waals surface area contributed by atoms with Crippen LogP contribution in [0.1, 0.15) is 53.1 Å². The number of carbonyl (C=O) groups excluding carboxylic acids is 1. The van der Waals surface area contributed by atoms with Gasteiger partial charge >= 0.3 is 12.5 Å². The number of anilines is 1. The van der Waals surface area contributed by atoms with Crippen molar-refractivity contribution in [2.75, 3.05) is 11.9 Å². The van der Waals surface area contributed by atoms with Crippen LogP contribution in [0.25, 0.3) is 0 Å². The fourth-order valence-corrected chi connectivity index (χ4v) is 4.36. The highest BCUT2D eigenvalue weighted by Gasteiger charge is 2.35. The second-order valence-corrected chi connectivity index (χ2v) is 8.34. The molecule has 0 heterocycles. The average Bonchev–Trinajstić information content (AvgIpc) is 2.72. The van der Waals surface area contributed by atoms with Gasteiger partial charge in [0, 0.05) is 12.2 Å². The third-order valence-electron chi connectivity index (χ3n) is 5.66. The summed E-state index contributed by atoms with van der Waals surface area (Å²) in [5.41, 5.74) is 4.81. The molecular formula is C22H21ClF6N2O2. The van der Waals surface area contributed by atoms with Crippen molar-refractivity contribution < 1.29 is 35.9 Å². The SMILES string of the molecule is NC(=O)c1cc(C(F)(F)F)cc(C2CCC(CNc3ccc(OC(F)(F)F)cc3)CC2)c1Cl. The van der Waals surface area contributed by atoms with E-state index < -0.39 is 24.0 Å². The fourth-order valence-electron chi connectivity index (χ4n) is 4.00. The molecule has 2 aromatic carbocycles. The fraction of sp³-hybridized carbons (Fsp3) is 0.409. The minimum absolute atomic E-state index is 0.0433. The van der Waals surface area contributed by atoms with Crippen molar-refractivity contribution in [1.82, 2.24) is 0 Å². The van der Waals surface area contributed by atoms with Crippen LogP contribution in [-0.2, 0) is 6.18 Å². The van der Waals surface area contributed by atoms with Crippen molar-refractivity contribution in [2.24, 2.45) is 11.7 Å². The number of rotatable bonds is 6. The zero-order chi connectivity index (χ0) is 24.4. The van der Waals surface area contributed by atoms with E-state index in [1.807, 2.05) is 0 Å². The molecule has 1 aliphatic carbocycles. The number of primary amides is 1. The highest BCUT2D eigenvalue weighted by molar-refractivity contribution is 6.34. The zero-order valence-corrected chi connectivity index (χ0v) is 17.9. The number of carbonyl (C=O) groups is 1. The van der Waals surface area contributed by atoms with E-state index in [1.165, 1.54) is 24.3 Å². The van der Waals surface area contributed by atoms with Gasteiger partial charge in [0.2, 0.25) is 5.91 Å². The van der Waals surface area contributed by atoms with Gasteiger partial charge in [-0.05, 0) is 79.5 Å². The Kier molecular flexibility index (Phi) is 7.36. The van der Waals surface area contributed by atoms with Crippen molar-refractivity contribution in [3.8, 4) is 5.75 Å². The molecule has 0 atom stereocenters. The van der Waals surface area contributed by atoms with Gasteiger partial charge in [-0.3, -0.25) is 4.79 Å². The Bertz CT molecular complexity index is 984. The molecule has 4 nitrogen and oxygen atoms in total. The van der Waals surface area contributed by atoms with Gasteiger partial charge in [-0.15, -0.1) is 13.2 Å². The molecule has 3 rings (SSSR count). The normalized spacial score (nSPS) is 19.2. The first-order valence-corrected chi connectivity index (χ1v) is 10.5. The van der Waals surface area contributed by atoms with Crippen molar-refractivity contribution in [1.29, 1.82) is 0 Å². The van der Waals surface area contributed by atoms with E-state index in [0.717, 1.165) is 6.07 Å². The lowest BCUT2D eigenvalue weighted by Gasteiger charge is -2.30. The molecule has 0 spiro atoms. The Morgan fingerprint density at radius 3 is 2.15 bits per heavy atom. The standard InChI is InChI=1S/C22H21ClF6N2O2/c23-19-17(9-14(21(24,25)26)10-18(19)20(30)32)13-3-1-12(2-4-13)11-31-15-5-7-16(8-6-15)33-22(27,28)29/h5-10,12-13,31H,1-4,11H2,(H2,30,32). The molecule has 33 heavy (non-hydrogen) atoms. The van der Waals surface area contributed by atoms with E-state index in [9.17, 15) is 31.1 Å². The number of alkyl halides is 6. The Morgan fingerprint density at radius 2 is 1.64 bits per heavy atom. The van der Waals surface area contributed by atoms with Gasteiger partial charge in [-0.1, -0.05) is 11.6 Å². The van der Waals surface area contributed by atoms with Crippen LogP contribution >= 0.6 is 11.6 Å². The molecule has 0 aliphatic heterocycles. The molecule has 0 saturated heterocycles. The molecule has 11 heteroatoms. The molecule has 1 aliphatic rings. The number of halogens is 7. The lowest BCUT2D eigenvalue weighted by atomic mass is 9.78. The van der Waals surface area contributed by atoms with E-state index in [0.29, 0.717) is 44.0 Å². The second-order valence-electron chi connectivity index (χ2n) is 7.96. The molecule has 180 valence electrons. The number of benzene rings is 2. The number of nitrogens with one attached hydrogen (secondary N) is 1. The average molecular weight is 495 g/mol. The predicted molar refractivity (Wildman–Crippen MR) is 111 cm³/mol. The molecule has 1 fully saturated rings. The van der Waals surface area contributed by atoms with Gasteiger partial charge in [-0.2, -0.15) is 13.2 Å². The number of hydrogen-bond acceptors (Lipinski definition) is 3. The summed E-state index contributed by atoms with van der Waals surface area (Å²) in [5.74, 6) is -1.36. The third-order valence-corrected chi connectivity index (χ3v) is 6.08.